The number of methoxy groups -OCH3 is 1. The summed E-state index contributed by atoms with van der Waals surface area (Å²) in [6.45, 7) is 5.42. The fourth-order valence-electron chi connectivity index (χ4n) is 2.09. The summed E-state index contributed by atoms with van der Waals surface area (Å²) in [6, 6.07) is 5.23. The van der Waals surface area contributed by atoms with Crippen LogP contribution in [0.5, 0.6) is 5.75 Å². The maximum Gasteiger partial charge on any atom is 0.258 e. The van der Waals surface area contributed by atoms with E-state index in [1.807, 2.05) is 25.1 Å². The zero-order chi connectivity index (χ0) is 15.6. The van der Waals surface area contributed by atoms with Crippen molar-refractivity contribution in [2.75, 3.05) is 7.11 Å². The molecule has 1 heterocycles. The lowest BCUT2D eigenvalue weighted by molar-refractivity contribution is 0.405. The van der Waals surface area contributed by atoms with Gasteiger partial charge in [-0.15, -0.1) is 0 Å². The van der Waals surface area contributed by atoms with Crippen LogP contribution in [0, 0.1) is 13.8 Å². The van der Waals surface area contributed by atoms with Gasteiger partial charge in [0.25, 0.3) is 10.0 Å². The van der Waals surface area contributed by atoms with Gasteiger partial charge in [0.15, 0.2) is 5.03 Å². The first kappa shape index (κ1) is 15.5. The molecule has 7 heteroatoms. The third-order valence-electron chi connectivity index (χ3n) is 3.15. The monoisotopic (exact) mass is 309 g/mol. The quantitative estimate of drug-likeness (QED) is 0.885. The first-order valence-corrected chi connectivity index (χ1v) is 8.00. The lowest BCUT2D eigenvalue weighted by atomic mass is 10.1. The number of aryl methyl sites for hydroxylation is 2. The number of hydrogen-bond acceptors (Lipinski definition) is 4. The van der Waals surface area contributed by atoms with Crippen molar-refractivity contribution in [1.29, 1.82) is 0 Å². The number of nitrogens with zero attached hydrogens (tertiary/aromatic N) is 1. The van der Waals surface area contributed by atoms with Gasteiger partial charge >= 0.3 is 0 Å². The molecule has 0 amide bonds. The molecule has 114 valence electrons. The third kappa shape index (κ3) is 3.43. The molecule has 1 aromatic carbocycles. The largest absolute Gasteiger partial charge is 0.496 e. The van der Waals surface area contributed by atoms with E-state index in [1.165, 1.54) is 6.20 Å². The molecule has 0 saturated heterocycles. The summed E-state index contributed by atoms with van der Waals surface area (Å²) in [5.41, 5.74) is 1.83. The average Bonchev–Trinajstić information content (AvgIpc) is 2.85. The predicted molar refractivity (Wildman–Crippen MR) is 79.8 cm³/mol. The molecule has 6 nitrogen and oxygen atoms in total. The topological polar surface area (TPSA) is 84.1 Å². The molecule has 0 radical (unpaired) electrons. The molecule has 2 rings (SSSR count). The Bertz CT molecular complexity index is 738. The van der Waals surface area contributed by atoms with Crippen LogP contribution in [0.1, 0.15) is 29.9 Å². The number of hydrogen-bond donors (Lipinski definition) is 2. The second-order valence-electron chi connectivity index (χ2n) is 4.92. The molecule has 1 unspecified atom stereocenters. The average molecular weight is 309 g/mol. The van der Waals surface area contributed by atoms with Gasteiger partial charge in [0, 0.05) is 11.6 Å². The number of rotatable bonds is 5. The highest BCUT2D eigenvalue weighted by molar-refractivity contribution is 7.89. The molecule has 2 aromatic rings. The molecule has 0 fully saturated rings. The predicted octanol–water partition coefficient (Wildman–Crippen LogP) is 2.07. The minimum Gasteiger partial charge on any atom is -0.496 e. The Kier molecular flexibility index (Phi) is 4.34. The van der Waals surface area contributed by atoms with E-state index >= 15 is 0 Å². The van der Waals surface area contributed by atoms with Gasteiger partial charge in [-0.1, -0.05) is 17.7 Å². The lowest BCUT2D eigenvalue weighted by Gasteiger charge is -2.17. The molecule has 1 aromatic heterocycles. The van der Waals surface area contributed by atoms with E-state index in [9.17, 15) is 8.42 Å². The van der Waals surface area contributed by atoms with Gasteiger partial charge in [0.05, 0.1) is 13.3 Å². The highest BCUT2D eigenvalue weighted by Crippen LogP contribution is 2.27. The Balaban J connectivity index is 2.29. The van der Waals surface area contributed by atoms with Crippen LogP contribution in [-0.2, 0) is 10.0 Å². The number of ether oxygens (including phenoxy) is 1. The molecule has 0 bridgehead atoms. The number of H-pyrrole nitrogens is 1. The van der Waals surface area contributed by atoms with Crippen LogP contribution in [0.2, 0.25) is 0 Å². The highest BCUT2D eigenvalue weighted by Gasteiger charge is 2.22. The van der Waals surface area contributed by atoms with Crippen molar-refractivity contribution in [2.45, 2.75) is 31.8 Å². The summed E-state index contributed by atoms with van der Waals surface area (Å²) in [6.07, 6.45) is 1.30. The fourth-order valence-corrected chi connectivity index (χ4v) is 3.28. The molecule has 0 aliphatic heterocycles. The molecule has 0 aliphatic carbocycles. The van der Waals surface area contributed by atoms with Crippen molar-refractivity contribution in [1.82, 2.24) is 14.7 Å². The van der Waals surface area contributed by atoms with E-state index in [2.05, 4.69) is 14.7 Å². The van der Waals surface area contributed by atoms with Gasteiger partial charge in [-0.05, 0) is 26.8 Å². The summed E-state index contributed by atoms with van der Waals surface area (Å²) < 4.78 is 32.5. The molecule has 0 spiro atoms. The number of imidazole rings is 1. The van der Waals surface area contributed by atoms with E-state index in [-0.39, 0.29) is 5.03 Å². The maximum absolute atomic E-state index is 12.3. The van der Waals surface area contributed by atoms with Crippen LogP contribution in [0.3, 0.4) is 0 Å². The van der Waals surface area contributed by atoms with E-state index in [0.29, 0.717) is 11.6 Å². The number of benzene rings is 1. The lowest BCUT2D eigenvalue weighted by Crippen LogP contribution is -2.27. The van der Waals surface area contributed by atoms with Crippen molar-refractivity contribution < 1.29 is 13.2 Å². The second kappa shape index (κ2) is 5.87. The Morgan fingerprint density at radius 2 is 2.05 bits per heavy atom. The third-order valence-corrected chi connectivity index (χ3v) is 4.60. The Morgan fingerprint density at radius 1 is 1.33 bits per heavy atom. The summed E-state index contributed by atoms with van der Waals surface area (Å²) in [7, 11) is -2.09. The van der Waals surface area contributed by atoms with Crippen molar-refractivity contribution >= 4 is 10.0 Å². The first-order chi connectivity index (χ1) is 9.83. The van der Waals surface area contributed by atoms with Gasteiger partial charge < -0.3 is 9.72 Å². The minimum absolute atomic E-state index is 0.0541. The maximum atomic E-state index is 12.3. The number of sulfonamides is 1. The van der Waals surface area contributed by atoms with Gasteiger partial charge in [0.1, 0.15) is 11.6 Å². The minimum atomic E-state index is -3.65. The van der Waals surface area contributed by atoms with Crippen LogP contribution >= 0.6 is 0 Å². The number of aromatic amines is 1. The summed E-state index contributed by atoms with van der Waals surface area (Å²) in [5, 5.41) is 0.0541. The van der Waals surface area contributed by atoms with Crippen LogP contribution < -0.4 is 9.46 Å². The molecule has 0 saturated carbocycles. The second-order valence-corrected chi connectivity index (χ2v) is 6.60. The zero-order valence-corrected chi connectivity index (χ0v) is 13.3. The van der Waals surface area contributed by atoms with E-state index in [1.54, 1.807) is 21.0 Å². The summed E-state index contributed by atoms with van der Waals surface area (Å²) >= 11 is 0. The Morgan fingerprint density at radius 3 is 2.62 bits per heavy atom. The van der Waals surface area contributed by atoms with Gasteiger partial charge in [-0.25, -0.2) is 18.1 Å². The SMILES string of the molecule is COc1ccc(C)cc1C(C)NS(=O)(=O)c1cnc(C)[nH]1. The van der Waals surface area contributed by atoms with Gasteiger partial charge in [-0.2, -0.15) is 0 Å². The van der Waals surface area contributed by atoms with Crippen LogP contribution in [0.15, 0.2) is 29.4 Å². The highest BCUT2D eigenvalue weighted by atomic mass is 32.2. The number of aromatic nitrogens is 2. The van der Waals surface area contributed by atoms with Crippen LogP contribution in [0.25, 0.3) is 0 Å². The van der Waals surface area contributed by atoms with Crippen molar-refractivity contribution in [3.63, 3.8) is 0 Å². The summed E-state index contributed by atoms with van der Waals surface area (Å²) in [4.78, 5) is 6.63. The van der Waals surface area contributed by atoms with Crippen LogP contribution in [0.4, 0.5) is 0 Å². The van der Waals surface area contributed by atoms with E-state index < -0.39 is 16.1 Å². The summed E-state index contributed by atoms with van der Waals surface area (Å²) in [5.74, 6) is 1.20. The van der Waals surface area contributed by atoms with Gasteiger partial charge in [-0.3, -0.25) is 0 Å². The van der Waals surface area contributed by atoms with E-state index in [4.69, 9.17) is 4.74 Å². The molecular formula is C14H19N3O3S. The standard InChI is InChI=1S/C14H19N3O3S/c1-9-5-6-13(20-4)12(7-9)10(2)17-21(18,19)14-8-15-11(3)16-14/h5-8,10,17H,1-4H3,(H,15,16). The molecular weight excluding hydrogens is 290 g/mol. The number of nitrogens with one attached hydrogen (secondary N) is 2. The van der Waals surface area contributed by atoms with Crippen molar-refractivity contribution in [3.8, 4) is 5.75 Å². The van der Waals surface area contributed by atoms with Crippen LogP contribution in [-0.4, -0.2) is 25.5 Å². The smallest absolute Gasteiger partial charge is 0.258 e. The molecule has 0 aliphatic rings. The Hall–Kier alpha value is -1.86. The normalized spacial score (nSPS) is 13.1. The fraction of sp³-hybridized carbons (Fsp3) is 0.357. The van der Waals surface area contributed by atoms with Gasteiger partial charge in [0.2, 0.25) is 0 Å². The van der Waals surface area contributed by atoms with Crippen molar-refractivity contribution in [3.05, 3.63) is 41.3 Å². The molecule has 2 N–H and O–H groups in total. The molecule has 21 heavy (non-hydrogen) atoms. The van der Waals surface area contributed by atoms with Crippen molar-refractivity contribution in [2.24, 2.45) is 0 Å². The zero-order valence-electron chi connectivity index (χ0n) is 12.5. The molecule has 1 atom stereocenters. The first-order valence-electron chi connectivity index (χ1n) is 6.52. The van der Waals surface area contributed by atoms with E-state index in [0.717, 1.165) is 11.1 Å². The Labute approximate surface area is 124 Å².